The summed E-state index contributed by atoms with van der Waals surface area (Å²) < 4.78 is 35.0. The second kappa shape index (κ2) is 7.87. The SMILES string of the molecule is COc1cc(CN(CCF)CCF)cc(OC)c1. The summed E-state index contributed by atoms with van der Waals surface area (Å²) in [4.78, 5) is 1.72. The van der Waals surface area contributed by atoms with E-state index in [2.05, 4.69) is 0 Å². The maximum absolute atomic E-state index is 12.3. The third-order valence-corrected chi connectivity index (χ3v) is 2.62. The minimum Gasteiger partial charge on any atom is -0.497 e. The van der Waals surface area contributed by atoms with Crippen molar-refractivity contribution in [3.05, 3.63) is 23.8 Å². The van der Waals surface area contributed by atoms with Gasteiger partial charge in [0.1, 0.15) is 24.8 Å². The van der Waals surface area contributed by atoms with E-state index in [1.807, 2.05) is 12.1 Å². The lowest BCUT2D eigenvalue weighted by Gasteiger charge is -2.20. The summed E-state index contributed by atoms with van der Waals surface area (Å²) in [6.07, 6.45) is 0. The van der Waals surface area contributed by atoms with Gasteiger partial charge in [-0.3, -0.25) is 4.90 Å². The normalized spacial score (nSPS) is 10.7. The Labute approximate surface area is 106 Å². The highest BCUT2D eigenvalue weighted by molar-refractivity contribution is 5.38. The molecule has 0 heterocycles. The van der Waals surface area contributed by atoms with Crippen LogP contribution in [0.2, 0.25) is 0 Å². The molecule has 18 heavy (non-hydrogen) atoms. The van der Waals surface area contributed by atoms with E-state index in [0.29, 0.717) is 18.0 Å². The Hall–Kier alpha value is -1.36. The van der Waals surface area contributed by atoms with E-state index >= 15 is 0 Å². The number of ether oxygens (including phenoxy) is 2. The summed E-state index contributed by atoms with van der Waals surface area (Å²) in [5.41, 5.74) is 0.910. The fraction of sp³-hybridized carbons (Fsp3) is 0.538. The van der Waals surface area contributed by atoms with E-state index in [4.69, 9.17) is 9.47 Å². The van der Waals surface area contributed by atoms with Crippen LogP contribution in [0.4, 0.5) is 8.78 Å². The highest BCUT2D eigenvalue weighted by atomic mass is 19.1. The molecule has 0 N–H and O–H groups in total. The summed E-state index contributed by atoms with van der Waals surface area (Å²) in [7, 11) is 3.14. The first kappa shape index (κ1) is 14.7. The zero-order chi connectivity index (χ0) is 13.4. The first-order chi connectivity index (χ1) is 8.73. The number of rotatable bonds is 8. The lowest BCUT2D eigenvalue weighted by atomic mass is 10.2. The van der Waals surface area contributed by atoms with E-state index in [1.54, 1.807) is 25.2 Å². The fourth-order valence-electron chi connectivity index (χ4n) is 1.72. The van der Waals surface area contributed by atoms with Crippen LogP contribution in [0.1, 0.15) is 5.56 Å². The third-order valence-electron chi connectivity index (χ3n) is 2.62. The van der Waals surface area contributed by atoms with Crippen LogP contribution in [0.15, 0.2) is 18.2 Å². The van der Waals surface area contributed by atoms with Crippen LogP contribution in [-0.4, -0.2) is 45.6 Å². The molecule has 0 atom stereocenters. The lowest BCUT2D eigenvalue weighted by molar-refractivity contribution is 0.220. The molecule has 0 aliphatic rings. The Balaban J connectivity index is 2.80. The fourth-order valence-corrected chi connectivity index (χ4v) is 1.72. The molecule has 0 saturated carbocycles. The highest BCUT2D eigenvalue weighted by Gasteiger charge is 2.08. The van der Waals surface area contributed by atoms with Crippen molar-refractivity contribution in [2.24, 2.45) is 0 Å². The number of methoxy groups -OCH3 is 2. The van der Waals surface area contributed by atoms with E-state index in [9.17, 15) is 8.78 Å². The van der Waals surface area contributed by atoms with Gasteiger partial charge in [0.05, 0.1) is 14.2 Å². The van der Waals surface area contributed by atoms with Crippen molar-refractivity contribution in [2.75, 3.05) is 40.7 Å². The van der Waals surface area contributed by atoms with Gasteiger partial charge in [-0.05, 0) is 17.7 Å². The maximum Gasteiger partial charge on any atom is 0.122 e. The maximum atomic E-state index is 12.3. The lowest BCUT2D eigenvalue weighted by Crippen LogP contribution is -2.27. The largest absolute Gasteiger partial charge is 0.497 e. The first-order valence-corrected chi connectivity index (χ1v) is 5.79. The Kier molecular flexibility index (Phi) is 6.43. The molecule has 1 aromatic carbocycles. The molecule has 0 spiro atoms. The van der Waals surface area contributed by atoms with Crippen LogP contribution >= 0.6 is 0 Å². The van der Waals surface area contributed by atoms with Crippen LogP contribution in [0.5, 0.6) is 11.5 Å². The van der Waals surface area contributed by atoms with Crippen LogP contribution < -0.4 is 9.47 Å². The molecule has 1 rings (SSSR count). The summed E-state index contributed by atoms with van der Waals surface area (Å²) >= 11 is 0. The summed E-state index contributed by atoms with van der Waals surface area (Å²) in [6.45, 7) is -0.0451. The molecular formula is C13H19F2NO2. The molecule has 0 bridgehead atoms. The van der Waals surface area contributed by atoms with Crippen molar-refractivity contribution >= 4 is 0 Å². The van der Waals surface area contributed by atoms with Gasteiger partial charge in [0, 0.05) is 25.7 Å². The van der Waals surface area contributed by atoms with Crippen molar-refractivity contribution < 1.29 is 18.3 Å². The number of nitrogens with zero attached hydrogens (tertiary/aromatic N) is 1. The number of hydrogen-bond acceptors (Lipinski definition) is 3. The standard InChI is InChI=1S/C13H19F2NO2/c1-17-12-7-11(8-13(9-12)18-2)10-16(5-3-14)6-4-15/h7-9H,3-6,10H2,1-2H3. The third kappa shape index (κ3) is 4.49. The molecule has 0 aliphatic heterocycles. The summed E-state index contributed by atoms with van der Waals surface area (Å²) in [6, 6.07) is 5.44. The van der Waals surface area contributed by atoms with E-state index in [0.717, 1.165) is 5.56 Å². The minimum atomic E-state index is -0.485. The number of hydrogen-bond donors (Lipinski definition) is 0. The monoisotopic (exact) mass is 259 g/mol. The van der Waals surface area contributed by atoms with Gasteiger partial charge in [-0.2, -0.15) is 0 Å². The van der Waals surface area contributed by atoms with Gasteiger partial charge in [-0.25, -0.2) is 8.78 Å². The van der Waals surface area contributed by atoms with Gasteiger partial charge in [0.25, 0.3) is 0 Å². The van der Waals surface area contributed by atoms with E-state index in [-0.39, 0.29) is 13.1 Å². The van der Waals surface area contributed by atoms with Crippen molar-refractivity contribution in [3.63, 3.8) is 0 Å². The predicted molar refractivity (Wildman–Crippen MR) is 66.8 cm³/mol. The van der Waals surface area contributed by atoms with Gasteiger partial charge in [-0.1, -0.05) is 0 Å². The Morgan fingerprint density at radius 1 is 0.944 bits per heavy atom. The first-order valence-electron chi connectivity index (χ1n) is 5.79. The van der Waals surface area contributed by atoms with Crippen molar-refractivity contribution in [1.82, 2.24) is 4.90 Å². The molecule has 0 aliphatic carbocycles. The Bertz CT molecular complexity index is 333. The average Bonchev–Trinajstić information content (AvgIpc) is 2.38. The topological polar surface area (TPSA) is 21.7 Å². The molecule has 5 heteroatoms. The van der Waals surface area contributed by atoms with Gasteiger partial charge < -0.3 is 9.47 Å². The summed E-state index contributed by atoms with van der Waals surface area (Å²) in [5.74, 6) is 1.34. The molecule has 102 valence electrons. The molecule has 3 nitrogen and oxygen atoms in total. The Morgan fingerprint density at radius 2 is 1.44 bits per heavy atom. The van der Waals surface area contributed by atoms with Crippen LogP contribution in [0.3, 0.4) is 0 Å². The molecule has 1 aromatic rings. The summed E-state index contributed by atoms with van der Waals surface area (Å²) in [5, 5.41) is 0. The van der Waals surface area contributed by atoms with Gasteiger partial charge in [0.15, 0.2) is 0 Å². The van der Waals surface area contributed by atoms with Gasteiger partial charge >= 0.3 is 0 Å². The predicted octanol–water partition coefficient (Wildman–Crippen LogP) is 2.44. The number of alkyl halides is 2. The van der Waals surface area contributed by atoms with Crippen molar-refractivity contribution in [2.45, 2.75) is 6.54 Å². The van der Waals surface area contributed by atoms with Crippen molar-refractivity contribution in [3.8, 4) is 11.5 Å². The van der Waals surface area contributed by atoms with Crippen LogP contribution in [-0.2, 0) is 6.54 Å². The molecule has 0 aromatic heterocycles. The molecule has 0 fully saturated rings. The number of halogens is 2. The zero-order valence-corrected chi connectivity index (χ0v) is 10.8. The zero-order valence-electron chi connectivity index (χ0n) is 10.8. The van der Waals surface area contributed by atoms with Gasteiger partial charge in [-0.15, -0.1) is 0 Å². The highest BCUT2D eigenvalue weighted by Crippen LogP contribution is 2.23. The second-order valence-electron chi connectivity index (χ2n) is 3.88. The molecule has 0 saturated heterocycles. The Morgan fingerprint density at radius 3 is 1.83 bits per heavy atom. The average molecular weight is 259 g/mol. The molecular weight excluding hydrogens is 240 g/mol. The number of benzene rings is 1. The molecule has 0 unspecified atom stereocenters. The van der Waals surface area contributed by atoms with Crippen LogP contribution in [0.25, 0.3) is 0 Å². The van der Waals surface area contributed by atoms with Gasteiger partial charge in [0.2, 0.25) is 0 Å². The quantitative estimate of drug-likeness (QED) is 0.715. The van der Waals surface area contributed by atoms with Crippen LogP contribution in [0, 0.1) is 0 Å². The molecule has 0 amide bonds. The van der Waals surface area contributed by atoms with E-state index < -0.39 is 13.3 Å². The minimum absolute atomic E-state index is 0.226. The second-order valence-corrected chi connectivity index (χ2v) is 3.88. The van der Waals surface area contributed by atoms with E-state index in [1.165, 1.54) is 0 Å². The smallest absolute Gasteiger partial charge is 0.122 e. The van der Waals surface area contributed by atoms with Crippen molar-refractivity contribution in [1.29, 1.82) is 0 Å². The molecule has 0 radical (unpaired) electrons.